The number of aliphatic carboxylic acids is 1. The van der Waals surface area contributed by atoms with Crippen LogP contribution in [0.2, 0.25) is 0 Å². The van der Waals surface area contributed by atoms with Crippen LogP contribution in [0.15, 0.2) is 0 Å². The molecule has 0 aromatic carbocycles. The quantitative estimate of drug-likeness (QED) is 0.743. The highest BCUT2D eigenvalue weighted by Crippen LogP contribution is 2.22. The molecule has 2 atom stereocenters. The van der Waals surface area contributed by atoms with E-state index >= 15 is 0 Å². The van der Waals surface area contributed by atoms with Crippen LogP contribution in [0.4, 0.5) is 0 Å². The molecule has 1 heterocycles. The van der Waals surface area contributed by atoms with Crippen molar-refractivity contribution in [2.75, 3.05) is 26.4 Å². The van der Waals surface area contributed by atoms with Crippen LogP contribution in [0.25, 0.3) is 0 Å². The third-order valence-electron chi connectivity index (χ3n) is 3.26. The fraction of sp³-hybridized carbons (Fsp3) is 0.818. The van der Waals surface area contributed by atoms with Gasteiger partial charge in [-0.1, -0.05) is 6.92 Å². The van der Waals surface area contributed by atoms with Crippen LogP contribution in [0.5, 0.6) is 0 Å². The molecule has 19 heavy (non-hydrogen) atoms. The molecule has 1 N–H and O–H groups in total. The maximum absolute atomic E-state index is 12.2. The Hall–Kier alpha value is -1.15. The van der Waals surface area contributed by atoms with Gasteiger partial charge in [-0.2, -0.15) is 4.31 Å². The number of hydrogen-bond acceptors (Lipinski definition) is 4. The molecular weight excluding hydrogens is 272 g/mol. The van der Waals surface area contributed by atoms with Gasteiger partial charge in [0.15, 0.2) is 0 Å². The summed E-state index contributed by atoms with van der Waals surface area (Å²) in [5.41, 5.74) is 0. The van der Waals surface area contributed by atoms with Crippen molar-refractivity contribution in [3.05, 3.63) is 0 Å². The lowest BCUT2D eigenvalue weighted by Crippen LogP contribution is -2.47. The third kappa shape index (κ3) is 3.90. The Morgan fingerprint density at radius 2 is 2.05 bits per heavy atom. The summed E-state index contributed by atoms with van der Waals surface area (Å²) in [4.78, 5) is 24.2. The van der Waals surface area contributed by atoms with Gasteiger partial charge in [0.05, 0.1) is 12.2 Å². The Morgan fingerprint density at radius 1 is 1.47 bits per heavy atom. The molecule has 0 aromatic rings. The van der Waals surface area contributed by atoms with Crippen molar-refractivity contribution < 1.29 is 23.1 Å². The van der Waals surface area contributed by atoms with E-state index in [1.165, 1.54) is 23.2 Å². The summed E-state index contributed by atoms with van der Waals surface area (Å²) in [6, 6.07) is -0.694. The van der Waals surface area contributed by atoms with Crippen LogP contribution in [0.1, 0.15) is 19.8 Å². The Labute approximate surface area is 113 Å². The lowest BCUT2D eigenvalue weighted by Gasteiger charge is -2.27. The van der Waals surface area contributed by atoms with Crippen LogP contribution in [0.3, 0.4) is 0 Å². The highest BCUT2D eigenvalue weighted by molar-refractivity contribution is 7.88. The van der Waals surface area contributed by atoms with E-state index in [2.05, 4.69) is 0 Å². The molecule has 0 saturated carbocycles. The van der Waals surface area contributed by atoms with Crippen molar-refractivity contribution in [1.29, 1.82) is 0 Å². The molecule has 1 fully saturated rings. The normalized spacial score (nSPS) is 22.2. The van der Waals surface area contributed by atoms with Gasteiger partial charge in [0, 0.05) is 20.1 Å². The Kier molecular flexibility index (Phi) is 4.92. The monoisotopic (exact) mass is 292 g/mol. The van der Waals surface area contributed by atoms with Gasteiger partial charge in [-0.05, 0) is 12.8 Å². The van der Waals surface area contributed by atoms with Crippen molar-refractivity contribution in [2.45, 2.75) is 25.8 Å². The summed E-state index contributed by atoms with van der Waals surface area (Å²) in [5.74, 6) is -2.00. The van der Waals surface area contributed by atoms with Crippen molar-refractivity contribution in [2.24, 2.45) is 5.92 Å². The van der Waals surface area contributed by atoms with E-state index in [1.807, 2.05) is 0 Å². The molecular formula is C11H20N2O5S. The third-order valence-corrected chi connectivity index (χ3v) is 4.55. The number of carbonyl (C=O) groups excluding carboxylic acids is 1. The summed E-state index contributed by atoms with van der Waals surface area (Å²) >= 11 is 0. The van der Waals surface area contributed by atoms with Crippen molar-refractivity contribution >= 4 is 21.9 Å². The fourth-order valence-electron chi connectivity index (χ4n) is 2.22. The van der Waals surface area contributed by atoms with Gasteiger partial charge >= 0.3 is 5.97 Å². The van der Waals surface area contributed by atoms with Gasteiger partial charge in [-0.3, -0.25) is 9.59 Å². The smallest absolute Gasteiger partial charge is 0.308 e. The van der Waals surface area contributed by atoms with Crippen LogP contribution >= 0.6 is 0 Å². The van der Waals surface area contributed by atoms with E-state index in [0.29, 0.717) is 19.4 Å². The highest BCUT2D eigenvalue weighted by atomic mass is 32.2. The van der Waals surface area contributed by atoms with Crippen LogP contribution in [0, 0.1) is 5.92 Å². The predicted octanol–water partition coefficient (Wildman–Crippen LogP) is -0.410. The molecule has 8 heteroatoms. The average Bonchev–Trinajstić information content (AvgIpc) is 2.75. The summed E-state index contributed by atoms with van der Waals surface area (Å²) in [5, 5.41) is 8.81. The number of sulfonamides is 1. The first kappa shape index (κ1) is 15.9. The van der Waals surface area contributed by atoms with Crippen LogP contribution < -0.4 is 0 Å². The number of nitrogens with zero attached hydrogens (tertiary/aromatic N) is 2. The first-order valence-electron chi connectivity index (χ1n) is 6.09. The topological polar surface area (TPSA) is 95.0 Å². The summed E-state index contributed by atoms with van der Waals surface area (Å²) in [7, 11) is -1.90. The molecule has 0 unspecified atom stereocenters. The zero-order valence-electron chi connectivity index (χ0n) is 11.4. The summed E-state index contributed by atoms with van der Waals surface area (Å²) in [6.45, 7) is 1.93. The molecule has 0 aromatic heterocycles. The molecule has 1 aliphatic rings. The van der Waals surface area contributed by atoms with Gasteiger partial charge in [-0.25, -0.2) is 8.42 Å². The number of likely N-dealkylation sites (N-methyl/N-ethyl adjacent to an activating group) is 1. The number of carboxylic acids is 1. The second kappa shape index (κ2) is 5.87. The number of amides is 1. The number of rotatable bonds is 5. The SMILES string of the molecule is C[C@@H](CN(C)C(=O)[C@H]1CCCN1S(C)(=O)=O)C(=O)O. The minimum absolute atomic E-state index is 0.0717. The first-order valence-corrected chi connectivity index (χ1v) is 7.94. The van der Waals surface area contributed by atoms with E-state index in [1.54, 1.807) is 0 Å². The first-order chi connectivity index (χ1) is 8.64. The second-order valence-electron chi connectivity index (χ2n) is 4.99. The maximum atomic E-state index is 12.2. The Bertz CT molecular complexity index is 462. The minimum Gasteiger partial charge on any atom is -0.481 e. The van der Waals surface area contributed by atoms with Gasteiger partial charge in [0.2, 0.25) is 15.9 Å². The van der Waals surface area contributed by atoms with E-state index in [0.717, 1.165) is 6.26 Å². The lowest BCUT2D eigenvalue weighted by molar-refractivity contribution is -0.143. The molecule has 0 aliphatic carbocycles. The average molecular weight is 292 g/mol. The second-order valence-corrected chi connectivity index (χ2v) is 6.92. The molecule has 1 rings (SSSR count). The van der Waals surface area contributed by atoms with Crippen LogP contribution in [-0.2, 0) is 19.6 Å². The highest BCUT2D eigenvalue weighted by Gasteiger charge is 2.38. The zero-order valence-corrected chi connectivity index (χ0v) is 12.2. The molecule has 1 amide bonds. The van der Waals surface area contributed by atoms with E-state index < -0.39 is 28.0 Å². The molecule has 7 nitrogen and oxygen atoms in total. The van der Waals surface area contributed by atoms with Crippen molar-refractivity contribution in [3.63, 3.8) is 0 Å². The lowest BCUT2D eigenvalue weighted by atomic mass is 10.1. The van der Waals surface area contributed by atoms with Gasteiger partial charge in [0.25, 0.3) is 0 Å². The molecule has 0 spiro atoms. The van der Waals surface area contributed by atoms with E-state index in [4.69, 9.17) is 5.11 Å². The number of hydrogen-bond donors (Lipinski definition) is 1. The summed E-state index contributed by atoms with van der Waals surface area (Å²) in [6.07, 6.45) is 2.21. The Balaban J connectivity index is 2.74. The maximum Gasteiger partial charge on any atom is 0.308 e. The Morgan fingerprint density at radius 3 is 2.53 bits per heavy atom. The van der Waals surface area contributed by atoms with E-state index in [9.17, 15) is 18.0 Å². The summed E-state index contributed by atoms with van der Waals surface area (Å²) < 4.78 is 24.3. The largest absolute Gasteiger partial charge is 0.481 e. The van der Waals surface area contributed by atoms with Gasteiger partial charge < -0.3 is 10.0 Å². The molecule has 1 aliphatic heterocycles. The van der Waals surface area contributed by atoms with Crippen LogP contribution in [-0.4, -0.2) is 67.0 Å². The van der Waals surface area contributed by atoms with Crippen molar-refractivity contribution in [1.82, 2.24) is 9.21 Å². The van der Waals surface area contributed by atoms with Gasteiger partial charge in [0.1, 0.15) is 6.04 Å². The number of carbonyl (C=O) groups is 2. The fourth-order valence-corrected chi connectivity index (χ4v) is 3.34. The predicted molar refractivity (Wildman–Crippen MR) is 69.0 cm³/mol. The van der Waals surface area contributed by atoms with Crippen molar-refractivity contribution in [3.8, 4) is 0 Å². The molecule has 110 valence electrons. The van der Waals surface area contributed by atoms with E-state index in [-0.39, 0.29) is 12.5 Å². The standard InChI is InChI=1S/C11H20N2O5S/c1-8(11(15)16)7-12(2)10(14)9-5-4-6-13(9)19(3,17)18/h8-9H,4-7H2,1-3H3,(H,15,16)/t8-,9+/m0/s1. The minimum atomic E-state index is -3.41. The zero-order chi connectivity index (χ0) is 14.8. The van der Waals surface area contributed by atoms with Gasteiger partial charge in [-0.15, -0.1) is 0 Å². The molecule has 0 radical (unpaired) electrons. The molecule has 1 saturated heterocycles. The number of carboxylic acid groups (broad SMARTS) is 1. The molecule has 0 bridgehead atoms.